The van der Waals surface area contributed by atoms with Gasteiger partial charge in [0, 0.05) is 6.42 Å². The van der Waals surface area contributed by atoms with Gasteiger partial charge in [0.1, 0.15) is 0 Å². The van der Waals surface area contributed by atoms with Crippen molar-refractivity contribution >= 4 is 15.8 Å². The monoisotopic (exact) mass is 260 g/mol. The molecular weight excluding hydrogens is 248 g/mol. The molecule has 1 fully saturated rings. The molecule has 0 aliphatic carbocycles. The molecule has 0 bridgehead atoms. The minimum atomic E-state index is -2.98. The summed E-state index contributed by atoms with van der Waals surface area (Å²) in [4.78, 5) is 10.4. The number of hydrogen-bond acceptors (Lipinski definition) is 6. The number of carbonyl (C=O) groups is 1. The van der Waals surface area contributed by atoms with Gasteiger partial charge in [0.05, 0.1) is 23.8 Å². The largest absolute Gasteiger partial charge is 0.481 e. The Hall–Kier alpha value is -1.44. The Labute approximate surface area is 97.8 Å². The number of rotatable bonds is 4. The van der Waals surface area contributed by atoms with E-state index in [1.165, 1.54) is 0 Å². The van der Waals surface area contributed by atoms with Gasteiger partial charge >= 0.3 is 5.97 Å². The van der Waals surface area contributed by atoms with Crippen molar-refractivity contribution in [3.8, 4) is 0 Å². The summed E-state index contributed by atoms with van der Waals surface area (Å²) in [5.41, 5.74) is 0. The molecule has 2 heterocycles. The minimum Gasteiger partial charge on any atom is -0.481 e. The number of aliphatic carboxylic acids is 1. The highest BCUT2D eigenvalue weighted by Crippen LogP contribution is 2.27. The van der Waals surface area contributed by atoms with Gasteiger partial charge < -0.3 is 9.52 Å². The first-order valence-electron chi connectivity index (χ1n) is 5.21. The maximum Gasteiger partial charge on any atom is 0.303 e. The molecule has 1 aliphatic heterocycles. The van der Waals surface area contributed by atoms with Gasteiger partial charge in [-0.15, -0.1) is 10.2 Å². The van der Waals surface area contributed by atoms with Crippen LogP contribution in [0.5, 0.6) is 0 Å². The first-order valence-corrected chi connectivity index (χ1v) is 7.03. The summed E-state index contributed by atoms with van der Waals surface area (Å²) in [6.45, 7) is 0. The maximum absolute atomic E-state index is 11.3. The van der Waals surface area contributed by atoms with Crippen LogP contribution in [0.25, 0.3) is 0 Å². The average Bonchev–Trinajstić information content (AvgIpc) is 2.81. The summed E-state index contributed by atoms with van der Waals surface area (Å²) >= 11 is 0. The summed E-state index contributed by atoms with van der Waals surface area (Å²) < 4.78 is 27.8. The van der Waals surface area contributed by atoms with Crippen molar-refractivity contribution in [2.75, 3.05) is 11.5 Å². The third-order valence-electron chi connectivity index (χ3n) is 2.62. The van der Waals surface area contributed by atoms with Crippen molar-refractivity contribution in [3.63, 3.8) is 0 Å². The standard InChI is InChI=1S/C9H12N2O5S/c12-8(13)2-1-7-10-11-9(16-7)6-3-4-17(14,15)5-6/h6H,1-5H2,(H,12,13). The van der Waals surface area contributed by atoms with Crippen molar-refractivity contribution in [1.29, 1.82) is 0 Å². The Kier molecular flexibility index (Phi) is 3.14. The summed E-state index contributed by atoms with van der Waals surface area (Å²) in [6, 6.07) is 0. The van der Waals surface area contributed by atoms with Crippen LogP contribution in [-0.2, 0) is 21.1 Å². The molecule has 1 aromatic rings. The number of aryl methyl sites for hydroxylation is 1. The van der Waals surface area contributed by atoms with Crippen LogP contribution in [0.3, 0.4) is 0 Å². The highest BCUT2D eigenvalue weighted by molar-refractivity contribution is 7.91. The van der Waals surface area contributed by atoms with Crippen LogP contribution in [0.1, 0.15) is 30.5 Å². The Morgan fingerprint density at radius 2 is 2.24 bits per heavy atom. The van der Waals surface area contributed by atoms with E-state index in [4.69, 9.17) is 9.52 Å². The molecule has 0 aromatic carbocycles. The molecule has 1 N–H and O–H groups in total. The maximum atomic E-state index is 11.3. The first kappa shape index (κ1) is 12.0. The quantitative estimate of drug-likeness (QED) is 0.810. The average molecular weight is 260 g/mol. The van der Waals surface area contributed by atoms with Gasteiger partial charge in [-0.1, -0.05) is 0 Å². The van der Waals surface area contributed by atoms with Crippen molar-refractivity contribution < 1.29 is 22.7 Å². The minimum absolute atomic E-state index is 0.0353. The molecule has 0 radical (unpaired) electrons. The summed E-state index contributed by atoms with van der Waals surface area (Å²) in [6.07, 6.45) is 0.579. The second-order valence-corrected chi connectivity index (χ2v) is 6.26. The fourth-order valence-corrected chi connectivity index (χ4v) is 3.47. The van der Waals surface area contributed by atoms with Gasteiger partial charge in [0.2, 0.25) is 11.8 Å². The van der Waals surface area contributed by atoms with E-state index in [1.54, 1.807) is 0 Å². The van der Waals surface area contributed by atoms with Gasteiger partial charge in [-0.25, -0.2) is 8.42 Å². The molecule has 1 saturated heterocycles. The van der Waals surface area contributed by atoms with Gasteiger partial charge in [0.15, 0.2) is 9.84 Å². The molecule has 17 heavy (non-hydrogen) atoms. The van der Waals surface area contributed by atoms with E-state index in [0.29, 0.717) is 12.3 Å². The third-order valence-corrected chi connectivity index (χ3v) is 4.38. The van der Waals surface area contributed by atoms with Crippen molar-refractivity contribution in [2.45, 2.75) is 25.2 Å². The van der Waals surface area contributed by atoms with Crippen LogP contribution in [0.4, 0.5) is 0 Å². The zero-order valence-corrected chi connectivity index (χ0v) is 9.81. The fraction of sp³-hybridized carbons (Fsp3) is 0.667. The number of carboxylic acids is 1. The SMILES string of the molecule is O=C(O)CCc1nnc(C2CCS(=O)(=O)C2)o1. The van der Waals surface area contributed by atoms with E-state index in [0.717, 1.165) is 0 Å². The van der Waals surface area contributed by atoms with Crippen LogP contribution >= 0.6 is 0 Å². The van der Waals surface area contributed by atoms with E-state index in [2.05, 4.69) is 10.2 Å². The molecule has 1 aromatic heterocycles. The predicted octanol–water partition coefficient (Wildman–Crippen LogP) is -0.0111. The molecule has 0 spiro atoms. The van der Waals surface area contributed by atoms with E-state index in [1.807, 2.05) is 0 Å². The summed E-state index contributed by atoms with van der Waals surface area (Å²) in [5.74, 6) is -0.463. The zero-order valence-electron chi connectivity index (χ0n) is 9.00. The Morgan fingerprint density at radius 3 is 2.82 bits per heavy atom. The zero-order chi connectivity index (χ0) is 12.5. The highest BCUT2D eigenvalue weighted by atomic mass is 32.2. The Balaban J connectivity index is 2.01. The molecule has 7 nitrogen and oxygen atoms in total. The molecule has 8 heteroatoms. The second kappa shape index (κ2) is 4.44. The first-order chi connectivity index (χ1) is 7.96. The van der Waals surface area contributed by atoms with E-state index < -0.39 is 15.8 Å². The van der Waals surface area contributed by atoms with Gasteiger partial charge in [-0.3, -0.25) is 4.79 Å². The van der Waals surface area contributed by atoms with Gasteiger partial charge in [-0.05, 0) is 6.42 Å². The molecular formula is C9H12N2O5S. The van der Waals surface area contributed by atoms with Gasteiger partial charge in [-0.2, -0.15) is 0 Å². The van der Waals surface area contributed by atoms with E-state index in [9.17, 15) is 13.2 Å². The van der Waals surface area contributed by atoms with Crippen LogP contribution in [0, 0.1) is 0 Å². The van der Waals surface area contributed by atoms with Crippen molar-refractivity contribution in [2.24, 2.45) is 0 Å². The molecule has 1 aliphatic rings. The molecule has 1 unspecified atom stereocenters. The van der Waals surface area contributed by atoms with Gasteiger partial charge in [0.25, 0.3) is 0 Å². The summed E-state index contributed by atoms with van der Waals surface area (Å²) in [7, 11) is -2.98. The number of nitrogens with zero attached hydrogens (tertiary/aromatic N) is 2. The molecule has 0 amide bonds. The molecule has 94 valence electrons. The lowest BCUT2D eigenvalue weighted by Crippen LogP contribution is -2.03. The smallest absolute Gasteiger partial charge is 0.303 e. The van der Waals surface area contributed by atoms with E-state index in [-0.39, 0.29) is 36.2 Å². The summed E-state index contributed by atoms with van der Waals surface area (Å²) in [5, 5.41) is 16.0. The predicted molar refractivity (Wildman–Crippen MR) is 56.3 cm³/mol. The van der Waals surface area contributed by atoms with Crippen LogP contribution in [-0.4, -0.2) is 41.2 Å². The lowest BCUT2D eigenvalue weighted by molar-refractivity contribution is -0.137. The highest BCUT2D eigenvalue weighted by Gasteiger charge is 2.32. The normalized spacial score (nSPS) is 22.7. The number of sulfone groups is 1. The lowest BCUT2D eigenvalue weighted by atomic mass is 10.1. The van der Waals surface area contributed by atoms with Crippen LogP contribution < -0.4 is 0 Å². The topological polar surface area (TPSA) is 110 Å². The Bertz CT molecular complexity index is 521. The molecule has 0 saturated carbocycles. The van der Waals surface area contributed by atoms with E-state index >= 15 is 0 Å². The van der Waals surface area contributed by atoms with Crippen LogP contribution in [0.15, 0.2) is 4.42 Å². The van der Waals surface area contributed by atoms with Crippen molar-refractivity contribution in [1.82, 2.24) is 10.2 Å². The Morgan fingerprint density at radius 1 is 1.47 bits per heavy atom. The molecule has 2 rings (SSSR count). The van der Waals surface area contributed by atoms with Crippen LogP contribution in [0.2, 0.25) is 0 Å². The third kappa shape index (κ3) is 3.02. The number of aromatic nitrogens is 2. The number of carboxylic acid groups (broad SMARTS) is 1. The fourth-order valence-electron chi connectivity index (χ4n) is 1.74. The lowest BCUT2D eigenvalue weighted by Gasteiger charge is -1.98. The second-order valence-electron chi connectivity index (χ2n) is 4.03. The number of hydrogen-bond donors (Lipinski definition) is 1. The molecule has 1 atom stereocenters. The van der Waals surface area contributed by atoms with Crippen molar-refractivity contribution in [3.05, 3.63) is 11.8 Å².